The predicted octanol–water partition coefficient (Wildman–Crippen LogP) is 1.92. The van der Waals surface area contributed by atoms with E-state index >= 15 is 0 Å². The molecule has 0 aliphatic rings. The standard InChI is InChI=1S/C14H17ClN4O2/c1-8(16-14(21)18(2)3)12-17-11-7-9(15)5-6-10(11)13(20)19(12)4/h5-8H,1-4H3,(H,16,21). The quantitative estimate of drug-likeness (QED) is 0.921. The van der Waals surface area contributed by atoms with Crippen molar-refractivity contribution in [2.45, 2.75) is 13.0 Å². The fraction of sp³-hybridized carbons (Fsp3) is 0.357. The number of amides is 2. The molecular weight excluding hydrogens is 292 g/mol. The molecule has 2 amide bonds. The lowest BCUT2D eigenvalue weighted by Gasteiger charge is -2.19. The zero-order valence-electron chi connectivity index (χ0n) is 12.3. The number of carbonyl (C=O) groups is 1. The van der Waals surface area contributed by atoms with E-state index in [0.29, 0.717) is 21.7 Å². The summed E-state index contributed by atoms with van der Waals surface area (Å²) in [6, 6.07) is 4.30. The van der Waals surface area contributed by atoms with E-state index in [1.807, 2.05) is 0 Å². The van der Waals surface area contributed by atoms with Crippen molar-refractivity contribution in [2.24, 2.45) is 7.05 Å². The van der Waals surface area contributed by atoms with Crippen LogP contribution < -0.4 is 10.9 Å². The Kier molecular flexibility index (Phi) is 4.18. The Morgan fingerprint density at radius 2 is 2.10 bits per heavy atom. The summed E-state index contributed by atoms with van der Waals surface area (Å²) in [4.78, 5) is 29.9. The van der Waals surface area contributed by atoms with Gasteiger partial charge in [0.2, 0.25) is 0 Å². The fourth-order valence-corrected chi connectivity index (χ4v) is 2.19. The molecule has 0 bridgehead atoms. The van der Waals surface area contributed by atoms with Gasteiger partial charge in [-0.2, -0.15) is 0 Å². The summed E-state index contributed by atoms with van der Waals surface area (Å²) in [7, 11) is 4.93. The lowest BCUT2D eigenvalue weighted by molar-refractivity contribution is 0.213. The van der Waals surface area contributed by atoms with Gasteiger partial charge in [-0.3, -0.25) is 9.36 Å². The molecule has 1 atom stereocenters. The number of nitrogens with zero attached hydrogens (tertiary/aromatic N) is 3. The Balaban J connectivity index is 2.51. The summed E-state index contributed by atoms with van der Waals surface area (Å²) in [6.45, 7) is 1.78. The van der Waals surface area contributed by atoms with E-state index in [9.17, 15) is 9.59 Å². The van der Waals surface area contributed by atoms with Gasteiger partial charge in [-0.05, 0) is 25.1 Å². The smallest absolute Gasteiger partial charge is 0.317 e. The predicted molar refractivity (Wildman–Crippen MR) is 82.6 cm³/mol. The second-order valence-electron chi connectivity index (χ2n) is 5.06. The number of rotatable bonds is 2. The number of carbonyl (C=O) groups excluding carboxylic acids is 1. The molecule has 2 aromatic rings. The highest BCUT2D eigenvalue weighted by atomic mass is 35.5. The Hall–Kier alpha value is -2.08. The van der Waals surface area contributed by atoms with Crippen molar-refractivity contribution < 1.29 is 4.79 Å². The molecule has 0 radical (unpaired) electrons. The molecule has 0 aliphatic carbocycles. The number of urea groups is 1. The van der Waals surface area contributed by atoms with Crippen molar-refractivity contribution in [2.75, 3.05) is 14.1 Å². The van der Waals surface area contributed by atoms with Crippen LogP contribution in [0.25, 0.3) is 10.9 Å². The topological polar surface area (TPSA) is 67.2 Å². The number of hydrogen-bond acceptors (Lipinski definition) is 3. The lowest BCUT2D eigenvalue weighted by Crippen LogP contribution is -2.38. The van der Waals surface area contributed by atoms with Crippen LogP contribution in [0.5, 0.6) is 0 Å². The number of aromatic nitrogens is 2. The van der Waals surface area contributed by atoms with E-state index < -0.39 is 6.04 Å². The van der Waals surface area contributed by atoms with Crippen LogP contribution in [0.2, 0.25) is 5.02 Å². The second kappa shape index (κ2) is 5.73. The molecular formula is C14H17ClN4O2. The van der Waals surface area contributed by atoms with Crippen molar-refractivity contribution in [3.05, 3.63) is 39.4 Å². The zero-order chi connectivity index (χ0) is 15.7. The third-order valence-corrected chi connectivity index (χ3v) is 3.44. The maximum absolute atomic E-state index is 12.3. The van der Waals surface area contributed by atoms with Crippen molar-refractivity contribution in [1.29, 1.82) is 0 Å². The summed E-state index contributed by atoms with van der Waals surface area (Å²) >= 11 is 5.94. The number of nitrogens with one attached hydrogen (secondary N) is 1. The third kappa shape index (κ3) is 3.00. The second-order valence-corrected chi connectivity index (χ2v) is 5.50. The van der Waals surface area contributed by atoms with Gasteiger partial charge in [-0.15, -0.1) is 0 Å². The van der Waals surface area contributed by atoms with Gasteiger partial charge < -0.3 is 10.2 Å². The van der Waals surface area contributed by atoms with Crippen LogP contribution in [0.15, 0.2) is 23.0 Å². The van der Waals surface area contributed by atoms with Gasteiger partial charge in [0.15, 0.2) is 0 Å². The summed E-state index contributed by atoms with van der Waals surface area (Å²) in [5.41, 5.74) is 0.351. The number of benzene rings is 1. The first-order valence-electron chi connectivity index (χ1n) is 6.45. The average Bonchev–Trinajstić information content (AvgIpc) is 2.42. The molecule has 0 saturated heterocycles. The van der Waals surface area contributed by atoms with Crippen LogP contribution in [0, 0.1) is 0 Å². The Labute approximate surface area is 127 Å². The molecule has 0 aliphatic heterocycles. The summed E-state index contributed by atoms with van der Waals surface area (Å²) in [6.07, 6.45) is 0. The number of halogens is 1. The molecule has 1 N–H and O–H groups in total. The molecule has 1 heterocycles. The Bertz CT molecular complexity index is 754. The summed E-state index contributed by atoms with van der Waals surface area (Å²) in [5.74, 6) is 0.477. The average molecular weight is 309 g/mol. The fourth-order valence-electron chi connectivity index (χ4n) is 2.03. The highest BCUT2D eigenvalue weighted by Crippen LogP contribution is 2.17. The van der Waals surface area contributed by atoms with Crippen LogP contribution in [0.3, 0.4) is 0 Å². The molecule has 7 heteroatoms. The molecule has 1 aromatic carbocycles. The Morgan fingerprint density at radius 1 is 1.43 bits per heavy atom. The van der Waals surface area contributed by atoms with E-state index in [1.54, 1.807) is 46.3 Å². The zero-order valence-corrected chi connectivity index (χ0v) is 13.1. The highest BCUT2D eigenvalue weighted by molar-refractivity contribution is 6.31. The minimum Gasteiger partial charge on any atom is -0.331 e. The summed E-state index contributed by atoms with van der Waals surface area (Å²) < 4.78 is 1.44. The first kappa shape index (κ1) is 15.3. The van der Waals surface area contributed by atoms with Gasteiger partial charge >= 0.3 is 6.03 Å². The van der Waals surface area contributed by atoms with Crippen LogP contribution in [0.4, 0.5) is 4.79 Å². The Morgan fingerprint density at radius 3 is 2.71 bits per heavy atom. The molecule has 0 fully saturated rings. The summed E-state index contributed by atoms with van der Waals surface area (Å²) in [5, 5.41) is 3.78. The normalized spacial score (nSPS) is 12.2. The van der Waals surface area contributed by atoms with Crippen molar-refractivity contribution >= 4 is 28.5 Å². The first-order valence-corrected chi connectivity index (χ1v) is 6.83. The van der Waals surface area contributed by atoms with E-state index in [4.69, 9.17) is 11.6 Å². The molecule has 6 nitrogen and oxygen atoms in total. The first-order chi connectivity index (χ1) is 9.81. The van der Waals surface area contributed by atoms with E-state index in [1.165, 1.54) is 9.47 Å². The molecule has 1 unspecified atom stereocenters. The van der Waals surface area contributed by atoms with Gasteiger partial charge in [-0.1, -0.05) is 11.6 Å². The minimum absolute atomic E-state index is 0.169. The van der Waals surface area contributed by atoms with Gasteiger partial charge in [0.1, 0.15) is 5.82 Å². The van der Waals surface area contributed by atoms with E-state index in [0.717, 1.165) is 0 Å². The van der Waals surface area contributed by atoms with Crippen molar-refractivity contribution in [1.82, 2.24) is 19.8 Å². The maximum Gasteiger partial charge on any atom is 0.317 e. The van der Waals surface area contributed by atoms with Gasteiger partial charge in [0.25, 0.3) is 5.56 Å². The number of fused-ring (bicyclic) bond motifs is 1. The molecule has 0 spiro atoms. The lowest BCUT2D eigenvalue weighted by atomic mass is 10.2. The van der Waals surface area contributed by atoms with Crippen LogP contribution in [0.1, 0.15) is 18.8 Å². The number of hydrogen-bond donors (Lipinski definition) is 1. The van der Waals surface area contributed by atoms with Crippen LogP contribution in [-0.4, -0.2) is 34.6 Å². The molecule has 0 saturated carbocycles. The highest BCUT2D eigenvalue weighted by Gasteiger charge is 2.17. The molecule has 2 rings (SSSR count). The third-order valence-electron chi connectivity index (χ3n) is 3.21. The molecule has 1 aromatic heterocycles. The molecule has 112 valence electrons. The van der Waals surface area contributed by atoms with Gasteiger partial charge in [-0.25, -0.2) is 9.78 Å². The van der Waals surface area contributed by atoms with E-state index in [2.05, 4.69) is 10.3 Å². The monoisotopic (exact) mass is 308 g/mol. The van der Waals surface area contributed by atoms with Crippen LogP contribution >= 0.6 is 11.6 Å². The van der Waals surface area contributed by atoms with Crippen molar-refractivity contribution in [3.8, 4) is 0 Å². The largest absolute Gasteiger partial charge is 0.331 e. The minimum atomic E-state index is -0.402. The van der Waals surface area contributed by atoms with Crippen molar-refractivity contribution in [3.63, 3.8) is 0 Å². The van der Waals surface area contributed by atoms with Gasteiger partial charge in [0, 0.05) is 26.2 Å². The van der Waals surface area contributed by atoms with E-state index in [-0.39, 0.29) is 11.6 Å². The maximum atomic E-state index is 12.3. The van der Waals surface area contributed by atoms with Gasteiger partial charge in [0.05, 0.1) is 16.9 Å². The SMILES string of the molecule is CC(NC(=O)N(C)C)c1nc2cc(Cl)ccc2c(=O)n1C. The molecule has 21 heavy (non-hydrogen) atoms. The van der Waals surface area contributed by atoms with Crippen LogP contribution in [-0.2, 0) is 7.05 Å².